The van der Waals surface area contributed by atoms with Crippen molar-refractivity contribution in [1.29, 1.82) is 0 Å². The second-order valence-corrected chi connectivity index (χ2v) is 10.1. The SMILES string of the molecule is COB(OC(C)(C)C)c1ccc2c(C(=Nc3ccc(CN(C)C)cc3)c3cccnc3)c(O)[nH]c2c1. The smallest absolute Gasteiger partial charge is 0.494 e. The lowest BCUT2D eigenvalue weighted by atomic mass is 9.77. The molecule has 8 heteroatoms. The van der Waals surface area contributed by atoms with Crippen LogP contribution in [-0.2, 0) is 15.9 Å². The Labute approximate surface area is 213 Å². The van der Waals surface area contributed by atoms with Crippen LogP contribution >= 0.6 is 0 Å². The Morgan fingerprint density at radius 3 is 2.47 bits per heavy atom. The minimum Gasteiger partial charge on any atom is -0.494 e. The fourth-order valence-electron chi connectivity index (χ4n) is 4.10. The van der Waals surface area contributed by atoms with Crippen LogP contribution in [0.15, 0.2) is 72.0 Å². The third-order valence-electron chi connectivity index (χ3n) is 5.60. The first-order valence-electron chi connectivity index (χ1n) is 11.9. The van der Waals surface area contributed by atoms with Crippen LogP contribution in [0, 0.1) is 0 Å². The molecule has 4 aromatic rings. The highest BCUT2D eigenvalue weighted by Gasteiger charge is 2.28. The van der Waals surface area contributed by atoms with Crippen molar-refractivity contribution < 1.29 is 14.4 Å². The van der Waals surface area contributed by atoms with Gasteiger partial charge in [0.15, 0.2) is 5.88 Å². The van der Waals surface area contributed by atoms with Gasteiger partial charge in [-0.25, -0.2) is 4.99 Å². The number of aromatic amines is 1. The third kappa shape index (κ3) is 6.02. The van der Waals surface area contributed by atoms with Crippen LogP contribution in [0.2, 0.25) is 0 Å². The van der Waals surface area contributed by atoms with Crippen molar-refractivity contribution >= 4 is 34.9 Å². The molecule has 0 amide bonds. The molecule has 0 saturated carbocycles. The Bertz CT molecular complexity index is 1340. The van der Waals surface area contributed by atoms with E-state index < -0.39 is 7.12 Å². The first-order chi connectivity index (χ1) is 17.1. The summed E-state index contributed by atoms with van der Waals surface area (Å²) in [6, 6.07) is 17.8. The topological polar surface area (TPSA) is 83.0 Å². The minimum absolute atomic E-state index is 0.0414. The summed E-state index contributed by atoms with van der Waals surface area (Å²) >= 11 is 0. The fourth-order valence-corrected chi connectivity index (χ4v) is 4.10. The summed E-state index contributed by atoms with van der Waals surface area (Å²) in [4.78, 5) is 14.5. The van der Waals surface area contributed by atoms with Crippen molar-refractivity contribution in [1.82, 2.24) is 14.9 Å². The maximum absolute atomic E-state index is 11.0. The number of hydrogen-bond acceptors (Lipinski definition) is 6. The molecular weight excluding hydrogens is 451 g/mol. The number of fused-ring (bicyclic) bond motifs is 1. The second kappa shape index (κ2) is 10.7. The van der Waals surface area contributed by atoms with E-state index in [0.717, 1.165) is 34.2 Å². The molecule has 0 bridgehead atoms. The van der Waals surface area contributed by atoms with E-state index in [-0.39, 0.29) is 11.5 Å². The molecule has 0 fully saturated rings. The van der Waals surface area contributed by atoms with Crippen LogP contribution in [0.4, 0.5) is 5.69 Å². The summed E-state index contributed by atoms with van der Waals surface area (Å²) in [7, 11) is 5.18. The van der Waals surface area contributed by atoms with Crippen LogP contribution in [0.5, 0.6) is 5.88 Å². The van der Waals surface area contributed by atoms with Gasteiger partial charge < -0.3 is 24.3 Å². The van der Waals surface area contributed by atoms with Gasteiger partial charge >= 0.3 is 7.12 Å². The highest BCUT2D eigenvalue weighted by Crippen LogP contribution is 2.31. The van der Waals surface area contributed by atoms with E-state index in [1.54, 1.807) is 19.5 Å². The number of aromatic nitrogens is 2. The molecule has 0 spiro atoms. The van der Waals surface area contributed by atoms with Crippen molar-refractivity contribution in [3.63, 3.8) is 0 Å². The zero-order valence-electron chi connectivity index (χ0n) is 21.7. The zero-order valence-corrected chi connectivity index (χ0v) is 21.7. The molecule has 0 atom stereocenters. The molecule has 0 aliphatic heterocycles. The zero-order chi connectivity index (χ0) is 25.9. The first-order valence-corrected chi connectivity index (χ1v) is 11.9. The Hall–Kier alpha value is -3.46. The maximum Gasteiger partial charge on any atom is 0.494 e. The number of pyridine rings is 1. The van der Waals surface area contributed by atoms with Crippen molar-refractivity contribution in [2.24, 2.45) is 4.99 Å². The Balaban J connectivity index is 1.80. The number of nitrogens with zero attached hydrogens (tertiary/aromatic N) is 3. The van der Waals surface area contributed by atoms with E-state index in [4.69, 9.17) is 14.3 Å². The molecule has 0 radical (unpaired) electrons. The van der Waals surface area contributed by atoms with Gasteiger partial charge in [-0.15, -0.1) is 0 Å². The number of rotatable bonds is 8. The number of nitrogens with one attached hydrogen (secondary N) is 1. The second-order valence-electron chi connectivity index (χ2n) is 10.1. The summed E-state index contributed by atoms with van der Waals surface area (Å²) in [6.45, 7) is 6.81. The number of aromatic hydroxyl groups is 1. The van der Waals surface area contributed by atoms with Crippen LogP contribution in [0.1, 0.15) is 37.5 Å². The lowest BCUT2D eigenvalue weighted by Crippen LogP contribution is -2.41. The summed E-state index contributed by atoms with van der Waals surface area (Å²) in [6.07, 6.45) is 3.47. The highest BCUT2D eigenvalue weighted by atomic mass is 16.6. The normalized spacial score (nSPS) is 12.5. The van der Waals surface area contributed by atoms with Gasteiger partial charge in [-0.1, -0.05) is 24.3 Å². The molecule has 4 rings (SSSR count). The average Bonchev–Trinajstić information content (AvgIpc) is 3.16. The maximum atomic E-state index is 11.0. The molecule has 0 aliphatic carbocycles. The molecule has 2 heterocycles. The highest BCUT2D eigenvalue weighted by molar-refractivity contribution is 6.61. The van der Waals surface area contributed by atoms with Crippen LogP contribution < -0.4 is 5.46 Å². The quantitative estimate of drug-likeness (QED) is 0.281. The lowest BCUT2D eigenvalue weighted by Gasteiger charge is -2.24. The Morgan fingerprint density at radius 1 is 1.11 bits per heavy atom. The summed E-state index contributed by atoms with van der Waals surface area (Å²) in [5, 5.41) is 11.9. The standard InChI is InChI=1S/C28H33BN4O3/c1-28(2,3)36-29(35-6)21-11-14-23-24(16-21)32-27(34)25(23)26(20-8-7-15-30-17-20)31-22-12-9-19(10-13-22)18-33(4)5/h7-17,32,34H,18H2,1-6H3. The van der Waals surface area contributed by atoms with Gasteiger partial charge in [-0.2, -0.15) is 0 Å². The van der Waals surface area contributed by atoms with E-state index in [1.165, 1.54) is 5.56 Å². The molecule has 7 nitrogen and oxygen atoms in total. The Morgan fingerprint density at radius 2 is 1.86 bits per heavy atom. The Kier molecular flexibility index (Phi) is 7.59. The summed E-state index contributed by atoms with van der Waals surface area (Å²) in [5.41, 5.74) is 5.29. The number of hydrogen-bond donors (Lipinski definition) is 2. The van der Waals surface area contributed by atoms with Crippen molar-refractivity contribution in [3.8, 4) is 5.88 Å². The predicted molar refractivity (Wildman–Crippen MR) is 147 cm³/mol. The van der Waals surface area contributed by atoms with Gasteiger partial charge in [0.1, 0.15) is 0 Å². The average molecular weight is 484 g/mol. The number of aliphatic imine (C=N–C) groups is 1. The number of benzene rings is 2. The summed E-state index contributed by atoms with van der Waals surface area (Å²) < 4.78 is 11.6. The lowest BCUT2D eigenvalue weighted by molar-refractivity contribution is 0.0982. The van der Waals surface area contributed by atoms with Crippen LogP contribution in [0.3, 0.4) is 0 Å². The fraction of sp³-hybridized carbons (Fsp3) is 0.286. The van der Waals surface area contributed by atoms with Gasteiger partial charge in [-0.3, -0.25) is 4.98 Å². The van der Waals surface area contributed by atoms with Gasteiger partial charge in [0.25, 0.3) is 0 Å². The number of H-pyrrole nitrogens is 1. The van der Waals surface area contributed by atoms with Crippen LogP contribution in [0.25, 0.3) is 10.9 Å². The van der Waals surface area contributed by atoms with Crippen molar-refractivity contribution in [3.05, 3.63) is 83.7 Å². The molecule has 0 aliphatic rings. The van der Waals surface area contributed by atoms with Gasteiger partial charge in [0.05, 0.1) is 17.0 Å². The predicted octanol–water partition coefficient (Wildman–Crippen LogP) is 4.66. The van der Waals surface area contributed by atoms with Crippen LogP contribution in [-0.4, -0.2) is 59.6 Å². The van der Waals surface area contributed by atoms with Gasteiger partial charge in [-0.05, 0) is 76.2 Å². The van der Waals surface area contributed by atoms with E-state index in [2.05, 4.69) is 27.0 Å². The van der Waals surface area contributed by atoms with Gasteiger partial charge in [0, 0.05) is 48.1 Å². The van der Waals surface area contributed by atoms with E-state index in [0.29, 0.717) is 11.3 Å². The summed E-state index contributed by atoms with van der Waals surface area (Å²) in [5.74, 6) is 0.0414. The molecule has 0 saturated heterocycles. The van der Waals surface area contributed by atoms with Crippen molar-refractivity contribution in [2.45, 2.75) is 32.9 Å². The largest absolute Gasteiger partial charge is 0.494 e. The third-order valence-corrected chi connectivity index (χ3v) is 5.60. The molecule has 0 unspecified atom stereocenters. The molecule has 36 heavy (non-hydrogen) atoms. The van der Waals surface area contributed by atoms with Gasteiger partial charge in [0.2, 0.25) is 0 Å². The minimum atomic E-state index is -0.532. The molecular formula is C28H33BN4O3. The van der Waals surface area contributed by atoms with E-state index in [9.17, 15) is 5.11 Å². The molecule has 2 aromatic heterocycles. The molecule has 186 valence electrons. The first kappa shape index (κ1) is 25.6. The van der Waals surface area contributed by atoms with E-state index in [1.807, 2.05) is 77.3 Å². The monoisotopic (exact) mass is 484 g/mol. The van der Waals surface area contributed by atoms with E-state index >= 15 is 0 Å². The molecule has 2 N–H and O–H groups in total. The molecule has 2 aromatic carbocycles. The van der Waals surface area contributed by atoms with Crippen molar-refractivity contribution in [2.75, 3.05) is 21.2 Å².